The van der Waals surface area contributed by atoms with Crippen molar-refractivity contribution in [3.05, 3.63) is 35.6 Å². The van der Waals surface area contributed by atoms with Crippen LogP contribution < -0.4 is 0 Å². The maximum Gasteiger partial charge on any atom is 0.254 e. The molecule has 1 aliphatic rings. The number of carbonyl (C=O) groups excluding carboxylic acids is 1. The Bertz CT molecular complexity index is 617. The van der Waals surface area contributed by atoms with Crippen LogP contribution >= 0.6 is 0 Å². The molecule has 19 heavy (non-hydrogen) atoms. The van der Waals surface area contributed by atoms with Crippen LogP contribution in [0.3, 0.4) is 0 Å². The second-order valence-corrected chi connectivity index (χ2v) is 5.09. The van der Waals surface area contributed by atoms with Crippen LogP contribution in [0.5, 0.6) is 0 Å². The number of aliphatic hydroxyl groups excluding tert-OH is 1. The van der Waals surface area contributed by atoms with E-state index in [4.69, 9.17) is 4.42 Å². The predicted octanol–water partition coefficient (Wildman–Crippen LogP) is 2.34. The Balaban J connectivity index is 1.92. The van der Waals surface area contributed by atoms with Gasteiger partial charge in [0.15, 0.2) is 0 Å². The smallest absolute Gasteiger partial charge is 0.254 e. The van der Waals surface area contributed by atoms with Crippen LogP contribution in [0.15, 0.2) is 28.7 Å². The fourth-order valence-electron chi connectivity index (χ4n) is 2.77. The van der Waals surface area contributed by atoms with Gasteiger partial charge >= 0.3 is 0 Å². The second kappa shape index (κ2) is 4.70. The van der Waals surface area contributed by atoms with E-state index in [2.05, 4.69) is 0 Å². The number of carbonyl (C=O) groups is 1. The summed E-state index contributed by atoms with van der Waals surface area (Å²) in [6, 6.07) is 7.38. The third-order valence-corrected chi connectivity index (χ3v) is 3.74. The van der Waals surface area contributed by atoms with Crippen molar-refractivity contribution in [2.75, 3.05) is 13.2 Å². The first-order valence-electron chi connectivity index (χ1n) is 6.61. The number of hydrogen-bond donors (Lipinski definition) is 1. The highest BCUT2D eigenvalue weighted by molar-refractivity contribution is 5.98. The van der Waals surface area contributed by atoms with Crippen molar-refractivity contribution in [1.29, 1.82) is 0 Å². The van der Waals surface area contributed by atoms with Crippen molar-refractivity contribution in [1.82, 2.24) is 4.90 Å². The maximum atomic E-state index is 12.5. The number of aliphatic hydroxyl groups is 1. The molecule has 0 aliphatic carbocycles. The monoisotopic (exact) mass is 259 g/mol. The molecule has 1 aliphatic heterocycles. The highest BCUT2D eigenvalue weighted by Gasteiger charge is 2.28. The summed E-state index contributed by atoms with van der Waals surface area (Å²) in [5.74, 6) is 0.839. The van der Waals surface area contributed by atoms with Gasteiger partial charge in [-0.3, -0.25) is 4.79 Å². The van der Waals surface area contributed by atoms with E-state index in [1.54, 1.807) is 11.0 Å². The Hall–Kier alpha value is -1.81. The number of fused-ring (bicyclic) bond motifs is 1. The third kappa shape index (κ3) is 2.12. The molecule has 0 saturated carbocycles. The molecule has 2 aromatic rings. The largest absolute Gasteiger partial charge is 0.461 e. The molecule has 1 fully saturated rings. The van der Waals surface area contributed by atoms with Crippen LogP contribution in [0, 0.1) is 6.92 Å². The first kappa shape index (κ1) is 12.2. The van der Waals surface area contributed by atoms with Crippen LogP contribution in [0.1, 0.15) is 29.0 Å². The Kier molecular flexibility index (Phi) is 3.03. The minimum absolute atomic E-state index is 0.00250. The lowest BCUT2D eigenvalue weighted by molar-refractivity contribution is 0.0678. The molecule has 1 amide bonds. The van der Waals surface area contributed by atoms with E-state index in [-0.39, 0.29) is 18.6 Å². The number of furan rings is 1. The summed E-state index contributed by atoms with van der Waals surface area (Å²) in [5, 5.41) is 10.2. The SMILES string of the molecule is Cc1cc2cc(C(=O)N3CCC[C@@H]3CO)ccc2o1. The van der Waals surface area contributed by atoms with Crippen molar-refractivity contribution >= 4 is 16.9 Å². The van der Waals surface area contributed by atoms with Gasteiger partial charge in [-0.2, -0.15) is 0 Å². The summed E-state index contributed by atoms with van der Waals surface area (Å²) in [6.45, 7) is 2.66. The molecule has 0 bridgehead atoms. The number of aryl methyl sites for hydroxylation is 1. The maximum absolute atomic E-state index is 12.5. The number of amides is 1. The van der Waals surface area contributed by atoms with Crippen LogP contribution in [-0.2, 0) is 0 Å². The number of benzene rings is 1. The minimum Gasteiger partial charge on any atom is -0.461 e. The molecular weight excluding hydrogens is 242 g/mol. The Morgan fingerprint density at radius 3 is 3.11 bits per heavy atom. The molecule has 1 saturated heterocycles. The quantitative estimate of drug-likeness (QED) is 0.900. The fourth-order valence-corrected chi connectivity index (χ4v) is 2.77. The zero-order chi connectivity index (χ0) is 13.4. The molecule has 0 radical (unpaired) electrons. The summed E-state index contributed by atoms with van der Waals surface area (Å²) < 4.78 is 5.51. The predicted molar refractivity (Wildman–Crippen MR) is 72.1 cm³/mol. The van der Waals surface area contributed by atoms with Gasteiger partial charge < -0.3 is 14.4 Å². The van der Waals surface area contributed by atoms with Gasteiger partial charge in [-0.15, -0.1) is 0 Å². The molecule has 1 N–H and O–H groups in total. The minimum atomic E-state index is -0.0331. The van der Waals surface area contributed by atoms with Crippen LogP contribution in [0.25, 0.3) is 11.0 Å². The molecule has 1 atom stereocenters. The molecule has 1 aromatic heterocycles. The van der Waals surface area contributed by atoms with Gasteiger partial charge in [0.1, 0.15) is 11.3 Å². The first-order valence-corrected chi connectivity index (χ1v) is 6.61. The van der Waals surface area contributed by atoms with Gasteiger partial charge in [0.05, 0.1) is 12.6 Å². The van der Waals surface area contributed by atoms with Crippen molar-refractivity contribution in [2.24, 2.45) is 0 Å². The molecule has 1 aromatic carbocycles. The van der Waals surface area contributed by atoms with E-state index < -0.39 is 0 Å². The molecule has 2 heterocycles. The molecule has 3 rings (SSSR count). The Labute approximate surface area is 111 Å². The van der Waals surface area contributed by atoms with E-state index in [1.807, 2.05) is 25.1 Å². The van der Waals surface area contributed by atoms with E-state index in [9.17, 15) is 9.90 Å². The average Bonchev–Trinajstić information content (AvgIpc) is 3.01. The lowest BCUT2D eigenvalue weighted by Gasteiger charge is -2.23. The summed E-state index contributed by atoms with van der Waals surface area (Å²) in [6.07, 6.45) is 1.85. The molecule has 4 nitrogen and oxygen atoms in total. The molecule has 4 heteroatoms. The van der Waals surface area contributed by atoms with Crippen LogP contribution in [0.4, 0.5) is 0 Å². The van der Waals surface area contributed by atoms with Gasteiger partial charge in [-0.05, 0) is 44.0 Å². The van der Waals surface area contributed by atoms with E-state index in [0.29, 0.717) is 5.56 Å². The fraction of sp³-hybridized carbons (Fsp3) is 0.400. The standard InChI is InChI=1S/C15H17NO3/c1-10-7-12-8-11(4-5-14(12)19-10)15(18)16-6-2-3-13(16)9-17/h4-5,7-8,13,17H,2-3,6,9H2,1H3/t13-/m1/s1. The zero-order valence-corrected chi connectivity index (χ0v) is 10.9. The van der Waals surface area contributed by atoms with Gasteiger partial charge in [0.2, 0.25) is 0 Å². The lowest BCUT2D eigenvalue weighted by Crippen LogP contribution is -2.37. The normalized spacial score (nSPS) is 19.3. The Morgan fingerprint density at radius 1 is 1.47 bits per heavy atom. The van der Waals surface area contributed by atoms with Crippen LogP contribution in [0.2, 0.25) is 0 Å². The summed E-state index contributed by atoms with van der Waals surface area (Å²) in [7, 11) is 0. The van der Waals surface area contributed by atoms with Crippen molar-refractivity contribution in [3.8, 4) is 0 Å². The summed E-state index contributed by atoms with van der Waals surface area (Å²) >= 11 is 0. The van der Waals surface area contributed by atoms with Crippen molar-refractivity contribution in [2.45, 2.75) is 25.8 Å². The zero-order valence-electron chi connectivity index (χ0n) is 10.9. The first-order chi connectivity index (χ1) is 9.19. The van der Waals surface area contributed by atoms with E-state index in [0.717, 1.165) is 36.1 Å². The third-order valence-electron chi connectivity index (χ3n) is 3.74. The van der Waals surface area contributed by atoms with Gasteiger partial charge in [0.25, 0.3) is 5.91 Å². The van der Waals surface area contributed by atoms with Gasteiger partial charge in [-0.1, -0.05) is 0 Å². The second-order valence-electron chi connectivity index (χ2n) is 5.09. The lowest BCUT2D eigenvalue weighted by atomic mass is 10.1. The van der Waals surface area contributed by atoms with Gasteiger partial charge in [0, 0.05) is 17.5 Å². The molecular formula is C15H17NO3. The van der Waals surface area contributed by atoms with E-state index >= 15 is 0 Å². The van der Waals surface area contributed by atoms with Crippen molar-refractivity contribution in [3.63, 3.8) is 0 Å². The van der Waals surface area contributed by atoms with E-state index in [1.165, 1.54) is 0 Å². The Morgan fingerprint density at radius 2 is 2.32 bits per heavy atom. The molecule has 0 unspecified atom stereocenters. The average molecular weight is 259 g/mol. The highest BCUT2D eigenvalue weighted by atomic mass is 16.3. The number of nitrogens with zero attached hydrogens (tertiary/aromatic N) is 1. The number of rotatable bonds is 2. The van der Waals surface area contributed by atoms with Gasteiger partial charge in [-0.25, -0.2) is 0 Å². The number of likely N-dealkylation sites (tertiary alicyclic amines) is 1. The summed E-state index contributed by atoms with van der Waals surface area (Å²) in [5.41, 5.74) is 1.46. The molecule has 100 valence electrons. The van der Waals surface area contributed by atoms with Crippen molar-refractivity contribution < 1.29 is 14.3 Å². The molecule has 0 spiro atoms. The summed E-state index contributed by atoms with van der Waals surface area (Å²) in [4.78, 5) is 14.2. The topological polar surface area (TPSA) is 53.7 Å². The van der Waals surface area contributed by atoms with Crippen LogP contribution in [-0.4, -0.2) is 35.1 Å². The highest BCUT2D eigenvalue weighted by Crippen LogP contribution is 2.24. The number of hydrogen-bond acceptors (Lipinski definition) is 3.